The number of carbonyl (C=O) groups is 1. The van der Waals surface area contributed by atoms with E-state index < -0.39 is 5.82 Å². The van der Waals surface area contributed by atoms with Crippen LogP contribution in [0, 0.1) is 11.7 Å². The number of halogens is 3. The minimum absolute atomic E-state index is 0. The Bertz CT molecular complexity index is 468. The van der Waals surface area contributed by atoms with E-state index in [0.29, 0.717) is 25.6 Å². The van der Waals surface area contributed by atoms with Crippen molar-refractivity contribution in [2.45, 2.75) is 19.3 Å². The van der Waals surface area contributed by atoms with Crippen molar-refractivity contribution >= 4 is 29.9 Å². The van der Waals surface area contributed by atoms with Crippen molar-refractivity contribution < 1.29 is 9.18 Å². The van der Waals surface area contributed by atoms with E-state index in [4.69, 9.17) is 17.3 Å². The lowest BCUT2D eigenvalue weighted by Gasteiger charge is -2.33. The molecule has 1 unspecified atom stereocenters. The summed E-state index contributed by atoms with van der Waals surface area (Å²) in [4.78, 5) is 14.1. The van der Waals surface area contributed by atoms with E-state index in [-0.39, 0.29) is 28.9 Å². The Kier molecular flexibility index (Phi) is 6.72. The molecule has 20 heavy (non-hydrogen) atoms. The molecule has 0 spiro atoms. The van der Waals surface area contributed by atoms with Crippen LogP contribution in [-0.2, 0) is 0 Å². The number of hydrogen-bond donors (Lipinski definition) is 1. The molecule has 1 aromatic carbocycles. The average Bonchev–Trinajstić information content (AvgIpc) is 2.42. The number of hydrogen-bond acceptors (Lipinski definition) is 2. The predicted molar refractivity (Wildman–Crippen MR) is 81.0 cm³/mol. The molecule has 1 aliphatic rings. The van der Waals surface area contributed by atoms with Crippen LogP contribution < -0.4 is 5.73 Å². The Morgan fingerprint density at radius 3 is 2.95 bits per heavy atom. The number of benzene rings is 1. The number of nitrogens with zero attached hydrogens (tertiary/aromatic N) is 1. The van der Waals surface area contributed by atoms with Gasteiger partial charge in [-0.25, -0.2) is 4.39 Å². The van der Waals surface area contributed by atoms with Gasteiger partial charge < -0.3 is 10.6 Å². The summed E-state index contributed by atoms with van der Waals surface area (Å²) >= 11 is 5.86. The molecule has 6 heteroatoms. The van der Waals surface area contributed by atoms with Crippen LogP contribution in [0.3, 0.4) is 0 Å². The second-order valence-electron chi connectivity index (χ2n) is 4.94. The van der Waals surface area contributed by atoms with Crippen LogP contribution in [0.4, 0.5) is 4.39 Å². The minimum Gasteiger partial charge on any atom is -0.338 e. The van der Waals surface area contributed by atoms with Gasteiger partial charge in [0.1, 0.15) is 5.82 Å². The molecular weight excluding hydrogens is 302 g/mol. The number of nitrogens with two attached hydrogens (primary N) is 1. The SMILES string of the molecule is Cl.NCCC1CCCN(C(=O)c2cccc(F)c2Cl)C1. The fourth-order valence-electron chi connectivity index (χ4n) is 2.56. The molecule has 1 aromatic rings. The highest BCUT2D eigenvalue weighted by atomic mass is 35.5. The maximum absolute atomic E-state index is 13.4. The first-order chi connectivity index (χ1) is 9.13. The fourth-order valence-corrected chi connectivity index (χ4v) is 2.77. The molecule has 1 heterocycles. The van der Waals surface area contributed by atoms with Gasteiger partial charge in [-0.2, -0.15) is 0 Å². The summed E-state index contributed by atoms with van der Waals surface area (Å²) in [7, 11) is 0. The smallest absolute Gasteiger partial charge is 0.255 e. The normalized spacial score (nSPS) is 18.6. The number of likely N-dealkylation sites (tertiary alicyclic amines) is 1. The van der Waals surface area contributed by atoms with Crippen LogP contribution >= 0.6 is 24.0 Å². The Hall–Kier alpha value is -0.840. The van der Waals surface area contributed by atoms with Crippen molar-refractivity contribution in [2.24, 2.45) is 11.7 Å². The second kappa shape index (κ2) is 7.81. The summed E-state index contributed by atoms with van der Waals surface area (Å²) in [5.41, 5.74) is 5.81. The quantitative estimate of drug-likeness (QED) is 0.930. The molecule has 1 amide bonds. The summed E-state index contributed by atoms with van der Waals surface area (Å²) in [6.45, 7) is 2.02. The standard InChI is InChI=1S/C14H18ClFN2O.ClH/c15-13-11(4-1-5-12(13)16)14(19)18-8-2-3-10(9-18)6-7-17;/h1,4-5,10H,2-3,6-9,17H2;1H. The van der Waals surface area contributed by atoms with Crippen molar-refractivity contribution in [1.29, 1.82) is 0 Å². The van der Waals surface area contributed by atoms with Crippen LogP contribution in [0.1, 0.15) is 29.6 Å². The van der Waals surface area contributed by atoms with Gasteiger partial charge in [-0.15, -0.1) is 12.4 Å². The summed E-state index contributed by atoms with van der Waals surface area (Å²) in [6, 6.07) is 4.34. The zero-order valence-corrected chi connectivity index (χ0v) is 12.7. The lowest BCUT2D eigenvalue weighted by Crippen LogP contribution is -2.40. The monoisotopic (exact) mass is 320 g/mol. The van der Waals surface area contributed by atoms with Crippen molar-refractivity contribution in [1.82, 2.24) is 4.90 Å². The van der Waals surface area contributed by atoms with Crippen LogP contribution in [0.2, 0.25) is 5.02 Å². The van der Waals surface area contributed by atoms with Crippen molar-refractivity contribution in [3.8, 4) is 0 Å². The van der Waals surface area contributed by atoms with Crippen molar-refractivity contribution in [3.05, 3.63) is 34.6 Å². The van der Waals surface area contributed by atoms with E-state index in [1.54, 1.807) is 11.0 Å². The van der Waals surface area contributed by atoms with Gasteiger partial charge in [-0.05, 0) is 43.9 Å². The number of piperidine rings is 1. The largest absolute Gasteiger partial charge is 0.338 e. The summed E-state index contributed by atoms with van der Waals surface area (Å²) in [6.07, 6.45) is 2.97. The van der Waals surface area contributed by atoms with Gasteiger partial charge in [0, 0.05) is 13.1 Å². The topological polar surface area (TPSA) is 46.3 Å². The lowest BCUT2D eigenvalue weighted by molar-refractivity contribution is 0.0669. The molecule has 1 atom stereocenters. The van der Waals surface area contributed by atoms with Gasteiger partial charge in [0.15, 0.2) is 0 Å². The van der Waals surface area contributed by atoms with Gasteiger partial charge in [0.05, 0.1) is 10.6 Å². The minimum atomic E-state index is -0.553. The van der Waals surface area contributed by atoms with E-state index in [2.05, 4.69) is 0 Å². The molecular formula is C14H19Cl2FN2O. The highest BCUT2D eigenvalue weighted by Gasteiger charge is 2.25. The third kappa shape index (κ3) is 3.84. The van der Waals surface area contributed by atoms with Crippen molar-refractivity contribution in [3.63, 3.8) is 0 Å². The Morgan fingerprint density at radius 2 is 2.25 bits per heavy atom. The molecule has 1 aliphatic heterocycles. The fraction of sp³-hybridized carbons (Fsp3) is 0.500. The third-order valence-corrected chi connectivity index (χ3v) is 3.95. The summed E-state index contributed by atoms with van der Waals surface area (Å²) in [5.74, 6) is -0.302. The van der Waals surface area contributed by atoms with E-state index in [1.807, 2.05) is 0 Å². The number of rotatable bonds is 3. The van der Waals surface area contributed by atoms with E-state index in [0.717, 1.165) is 19.3 Å². The molecule has 112 valence electrons. The molecule has 1 saturated heterocycles. The average molecular weight is 321 g/mol. The van der Waals surface area contributed by atoms with Crippen LogP contribution in [0.15, 0.2) is 18.2 Å². The molecule has 0 saturated carbocycles. The van der Waals surface area contributed by atoms with Crippen LogP contribution in [-0.4, -0.2) is 30.4 Å². The molecule has 2 rings (SSSR count). The maximum atomic E-state index is 13.4. The van der Waals surface area contributed by atoms with Gasteiger partial charge in [0.25, 0.3) is 5.91 Å². The predicted octanol–water partition coefficient (Wildman–Crippen LogP) is 3.10. The van der Waals surface area contributed by atoms with E-state index >= 15 is 0 Å². The second-order valence-corrected chi connectivity index (χ2v) is 5.32. The Balaban J connectivity index is 0.00000200. The summed E-state index contributed by atoms with van der Waals surface area (Å²) in [5, 5.41) is -0.0894. The molecule has 1 fully saturated rings. The van der Waals surface area contributed by atoms with E-state index in [9.17, 15) is 9.18 Å². The van der Waals surface area contributed by atoms with Crippen LogP contribution in [0.5, 0.6) is 0 Å². The maximum Gasteiger partial charge on any atom is 0.255 e. The lowest BCUT2D eigenvalue weighted by atomic mass is 9.94. The molecule has 0 aromatic heterocycles. The first-order valence-electron chi connectivity index (χ1n) is 6.57. The zero-order chi connectivity index (χ0) is 13.8. The van der Waals surface area contributed by atoms with Gasteiger partial charge in [-0.1, -0.05) is 17.7 Å². The number of amides is 1. The molecule has 0 aliphatic carbocycles. The zero-order valence-electron chi connectivity index (χ0n) is 11.1. The van der Waals surface area contributed by atoms with Gasteiger partial charge in [-0.3, -0.25) is 4.79 Å². The van der Waals surface area contributed by atoms with Gasteiger partial charge >= 0.3 is 0 Å². The van der Waals surface area contributed by atoms with E-state index in [1.165, 1.54) is 12.1 Å². The highest BCUT2D eigenvalue weighted by molar-refractivity contribution is 6.34. The third-order valence-electron chi connectivity index (χ3n) is 3.56. The first kappa shape index (κ1) is 17.2. The Morgan fingerprint density at radius 1 is 1.50 bits per heavy atom. The molecule has 2 N–H and O–H groups in total. The highest BCUT2D eigenvalue weighted by Crippen LogP contribution is 2.25. The first-order valence-corrected chi connectivity index (χ1v) is 6.94. The number of carbonyl (C=O) groups excluding carboxylic acids is 1. The van der Waals surface area contributed by atoms with Crippen molar-refractivity contribution in [2.75, 3.05) is 19.6 Å². The molecule has 3 nitrogen and oxygen atoms in total. The summed E-state index contributed by atoms with van der Waals surface area (Å²) < 4.78 is 13.4. The van der Waals surface area contributed by atoms with Crippen LogP contribution in [0.25, 0.3) is 0 Å². The molecule has 0 bridgehead atoms. The molecule has 0 radical (unpaired) electrons. The van der Waals surface area contributed by atoms with Gasteiger partial charge in [0.2, 0.25) is 0 Å². The Labute approximate surface area is 129 Å².